The van der Waals surface area contributed by atoms with Crippen molar-refractivity contribution < 1.29 is 9.53 Å². The Morgan fingerprint density at radius 3 is 2.68 bits per heavy atom. The average Bonchev–Trinajstić information content (AvgIpc) is 3.18. The van der Waals surface area contributed by atoms with E-state index in [4.69, 9.17) is 4.74 Å². The van der Waals surface area contributed by atoms with Gasteiger partial charge < -0.3 is 15.4 Å². The molecule has 0 atom stereocenters. The molecule has 0 spiro atoms. The number of carbonyl (C=O) groups is 1. The number of aromatic nitrogens is 3. The van der Waals surface area contributed by atoms with Crippen molar-refractivity contribution in [2.24, 2.45) is 0 Å². The molecule has 0 bridgehead atoms. The number of amides is 1. The second kappa shape index (κ2) is 9.66. The van der Waals surface area contributed by atoms with Crippen LogP contribution in [0.4, 0.5) is 5.69 Å². The molecule has 7 nitrogen and oxygen atoms in total. The third-order valence-corrected chi connectivity index (χ3v) is 4.25. The number of benzene rings is 2. The van der Waals surface area contributed by atoms with Crippen LogP contribution < -0.4 is 15.4 Å². The topological polar surface area (TPSA) is 81.1 Å². The molecule has 2 aromatic carbocycles. The minimum absolute atomic E-state index is 0.261. The van der Waals surface area contributed by atoms with Crippen LogP contribution in [-0.4, -0.2) is 34.1 Å². The first-order valence-corrected chi connectivity index (χ1v) is 9.35. The Bertz CT molecular complexity index is 905. The van der Waals surface area contributed by atoms with Crippen molar-refractivity contribution in [2.75, 3.05) is 18.5 Å². The Kier molecular flexibility index (Phi) is 6.75. The summed E-state index contributed by atoms with van der Waals surface area (Å²) in [5.41, 5.74) is 3.26. The third kappa shape index (κ3) is 5.40. The minimum Gasteiger partial charge on any atom is -0.494 e. The van der Waals surface area contributed by atoms with Crippen molar-refractivity contribution in [1.82, 2.24) is 20.3 Å². The fourth-order valence-corrected chi connectivity index (χ4v) is 2.71. The fraction of sp³-hybridized carbons (Fsp3) is 0.286. The molecule has 1 amide bonds. The van der Waals surface area contributed by atoms with Gasteiger partial charge in [0.25, 0.3) is 5.91 Å². The van der Waals surface area contributed by atoms with Crippen molar-refractivity contribution in [3.63, 3.8) is 0 Å². The second-order valence-corrected chi connectivity index (χ2v) is 6.39. The smallest absolute Gasteiger partial charge is 0.277 e. The molecule has 146 valence electrons. The first-order valence-electron chi connectivity index (χ1n) is 9.35. The standard InChI is InChI=1S/C21H25N5O2/c1-3-28-18-10-8-17(9-11-18)14-22-12-13-26-15-20(24-25-26)21(27)23-19-7-5-4-6-16(19)2/h4-11,15,22H,3,12-14H2,1-2H3,(H,23,27). The van der Waals surface area contributed by atoms with Gasteiger partial charge in [0, 0.05) is 18.8 Å². The molecule has 7 heteroatoms. The Morgan fingerprint density at radius 1 is 1.14 bits per heavy atom. The highest BCUT2D eigenvalue weighted by Crippen LogP contribution is 2.14. The molecule has 0 aliphatic carbocycles. The van der Waals surface area contributed by atoms with Gasteiger partial charge in [-0.1, -0.05) is 35.5 Å². The minimum atomic E-state index is -0.261. The zero-order valence-electron chi connectivity index (χ0n) is 16.2. The lowest BCUT2D eigenvalue weighted by Crippen LogP contribution is -2.19. The molecule has 0 fully saturated rings. The lowest BCUT2D eigenvalue weighted by molar-refractivity contribution is 0.102. The Hall–Kier alpha value is -3.19. The van der Waals surface area contributed by atoms with E-state index < -0.39 is 0 Å². The fourth-order valence-electron chi connectivity index (χ4n) is 2.71. The van der Waals surface area contributed by atoms with Crippen LogP contribution in [0.1, 0.15) is 28.5 Å². The van der Waals surface area contributed by atoms with E-state index in [9.17, 15) is 4.79 Å². The number of rotatable bonds is 9. The molecule has 0 saturated heterocycles. The number of para-hydroxylation sites is 1. The summed E-state index contributed by atoms with van der Waals surface area (Å²) in [6.45, 7) is 6.68. The van der Waals surface area contributed by atoms with E-state index in [1.807, 2.05) is 62.4 Å². The van der Waals surface area contributed by atoms with Crippen molar-refractivity contribution in [3.05, 3.63) is 71.5 Å². The largest absolute Gasteiger partial charge is 0.494 e. The quantitative estimate of drug-likeness (QED) is 0.559. The van der Waals surface area contributed by atoms with Crippen molar-refractivity contribution in [1.29, 1.82) is 0 Å². The van der Waals surface area contributed by atoms with Gasteiger partial charge in [-0.25, -0.2) is 0 Å². The van der Waals surface area contributed by atoms with Crippen LogP contribution in [0, 0.1) is 6.92 Å². The van der Waals surface area contributed by atoms with Gasteiger partial charge in [0.1, 0.15) is 5.75 Å². The van der Waals surface area contributed by atoms with Crippen LogP contribution in [0.25, 0.3) is 0 Å². The van der Waals surface area contributed by atoms with Gasteiger partial charge in [-0.3, -0.25) is 9.48 Å². The number of nitrogens with one attached hydrogen (secondary N) is 2. The molecule has 0 aliphatic heterocycles. The summed E-state index contributed by atoms with van der Waals surface area (Å²) in [6, 6.07) is 15.7. The first-order chi connectivity index (χ1) is 13.7. The molecule has 3 aromatic rings. The predicted molar refractivity (Wildman–Crippen MR) is 108 cm³/mol. The maximum atomic E-state index is 12.3. The lowest BCUT2D eigenvalue weighted by atomic mass is 10.2. The van der Waals surface area contributed by atoms with Crippen LogP contribution in [0.2, 0.25) is 0 Å². The predicted octanol–water partition coefficient (Wildman–Crippen LogP) is 3.03. The van der Waals surface area contributed by atoms with Crippen molar-refractivity contribution in [2.45, 2.75) is 26.9 Å². The molecule has 0 saturated carbocycles. The highest BCUT2D eigenvalue weighted by Gasteiger charge is 2.11. The lowest BCUT2D eigenvalue weighted by Gasteiger charge is -2.07. The van der Waals surface area contributed by atoms with Crippen molar-refractivity contribution >= 4 is 11.6 Å². The molecule has 2 N–H and O–H groups in total. The Balaban J connectivity index is 1.44. The summed E-state index contributed by atoms with van der Waals surface area (Å²) < 4.78 is 7.10. The van der Waals surface area contributed by atoms with Crippen LogP contribution >= 0.6 is 0 Å². The molecule has 0 unspecified atom stereocenters. The molecule has 0 radical (unpaired) electrons. The normalized spacial score (nSPS) is 10.6. The zero-order valence-corrected chi connectivity index (χ0v) is 16.2. The van der Waals surface area contributed by atoms with Gasteiger partial charge in [0.2, 0.25) is 0 Å². The highest BCUT2D eigenvalue weighted by molar-refractivity contribution is 6.02. The number of carbonyl (C=O) groups excluding carboxylic acids is 1. The van der Waals surface area contributed by atoms with Crippen LogP contribution in [0.3, 0.4) is 0 Å². The summed E-state index contributed by atoms with van der Waals surface area (Å²) >= 11 is 0. The van der Waals surface area contributed by atoms with Gasteiger partial charge >= 0.3 is 0 Å². The zero-order chi connectivity index (χ0) is 19.8. The van der Waals surface area contributed by atoms with E-state index in [-0.39, 0.29) is 5.91 Å². The van der Waals surface area contributed by atoms with E-state index in [1.165, 1.54) is 5.56 Å². The van der Waals surface area contributed by atoms with Crippen LogP contribution in [0.15, 0.2) is 54.7 Å². The maximum Gasteiger partial charge on any atom is 0.277 e. The second-order valence-electron chi connectivity index (χ2n) is 6.39. The van der Waals surface area contributed by atoms with E-state index in [1.54, 1.807) is 10.9 Å². The molecule has 1 heterocycles. The molecule has 1 aromatic heterocycles. The highest BCUT2D eigenvalue weighted by atomic mass is 16.5. The van der Waals surface area contributed by atoms with Crippen LogP contribution in [0.5, 0.6) is 5.75 Å². The number of anilines is 1. The molecular formula is C21H25N5O2. The Labute approximate surface area is 164 Å². The van der Waals surface area contributed by atoms with Gasteiger partial charge in [-0.05, 0) is 43.2 Å². The Morgan fingerprint density at radius 2 is 1.93 bits per heavy atom. The summed E-state index contributed by atoms with van der Waals surface area (Å²) in [7, 11) is 0. The average molecular weight is 379 g/mol. The number of ether oxygens (including phenoxy) is 1. The van der Waals surface area contributed by atoms with E-state index >= 15 is 0 Å². The first kappa shape index (κ1) is 19.6. The molecule has 0 aliphatic rings. The summed E-state index contributed by atoms with van der Waals surface area (Å²) in [6.07, 6.45) is 1.66. The number of nitrogens with zero attached hydrogens (tertiary/aromatic N) is 3. The SMILES string of the molecule is CCOc1ccc(CNCCn2cc(C(=O)Nc3ccccc3C)nn2)cc1. The van der Waals surface area contributed by atoms with E-state index in [2.05, 4.69) is 20.9 Å². The molecule has 28 heavy (non-hydrogen) atoms. The van der Waals surface area contributed by atoms with Gasteiger partial charge in [0.15, 0.2) is 5.69 Å². The number of aryl methyl sites for hydroxylation is 1. The van der Waals surface area contributed by atoms with Gasteiger partial charge in [0.05, 0.1) is 19.3 Å². The van der Waals surface area contributed by atoms with Gasteiger partial charge in [-0.2, -0.15) is 0 Å². The van der Waals surface area contributed by atoms with Gasteiger partial charge in [-0.15, -0.1) is 5.10 Å². The molecular weight excluding hydrogens is 354 g/mol. The van der Waals surface area contributed by atoms with Crippen molar-refractivity contribution in [3.8, 4) is 5.75 Å². The van der Waals surface area contributed by atoms with E-state index in [0.29, 0.717) is 18.8 Å². The van der Waals surface area contributed by atoms with E-state index in [0.717, 1.165) is 30.1 Å². The maximum absolute atomic E-state index is 12.3. The summed E-state index contributed by atoms with van der Waals surface area (Å²) in [4.78, 5) is 12.3. The molecule has 3 rings (SSSR count). The monoisotopic (exact) mass is 379 g/mol. The number of hydrogen-bond acceptors (Lipinski definition) is 5. The van der Waals surface area contributed by atoms with Crippen LogP contribution in [-0.2, 0) is 13.1 Å². The summed E-state index contributed by atoms with van der Waals surface area (Å²) in [5.74, 6) is 0.619. The summed E-state index contributed by atoms with van der Waals surface area (Å²) in [5, 5.41) is 14.2. The number of hydrogen-bond donors (Lipinski definition) is 2. The third-order valence-electron chi connectivity index (χ3n) is 4.25.